The first-order chi connectivity index (χ1) is 9.85. The molecule has 1 aromatic heterocycles. The zero-order valence-electron chi connectivity index (χ0n) is 11.1. The molecule has 21 heavy (non-hydrogen) atoms. The number of hydrogen-bond acceptors (Lipinski definition) is 6. The maximum Gasteiger partial charge on any atom is 0.266 e. The summed E-state index contributed by atoms with van der Waals surface area (Å²) in [7, 11) is -4.04. The van der Waals surface area contributed by atoms with E-state index < -0.39 is 22.0 Å². The lowest BCUT2D eigenvalue weighted by atomic mass is 10.2. The molecule has 2 rings (SSSR count). The number of carbonyl (C=O) groups excluding carboxylic acids is 1. The summed E-state index contributed by atoms with van der Waals surface area (Å²) in [5.41, 5.74) is 0. The Hall–Kier alpha value is -0.380. The Kier molecular flexibility index (Phi) is 5.50. The lowest BCUT2D eigenvalue weighted by Crippen LogP contribution is -2.54. The number of nitrogens with one attached hydrogen (secondary N) is 1. The normalized spacial score (nSPS) is 20.4. The number of nitrogens with zero attached hydrogens (tertiary/aromatic N) is 1. The van der Waals surface area contributed by atoms with Crippen molar-refractivity contribution in [3.05, 3.63) is 14.7 Å². The van der Waals surface area contributed by atoms with Crippen molar-refractivity contribution in [1.29, 1.82) is 0 Å². The molecule has 0 saturated carbocycles. The van der Waals surface area contributed by atoms with Crippen molar-refractivity contribution < 1.29 is 17.9 Å². The highest BCUT2D eigenvalue weighted by molar-refractivity contribution is 7.90. The van der Waals surface area contributed by atoms with Crippen LogP contribution in [0.15, 0.2) is 11.0 Å². The average molecular weight is 373 g/mol. The van der Waals surface area contributed by atoms with Gasteiger partial charge in [-0.2, -0.15) is 0 Å². The predicted molar refractivity (Wildman–Crippen MR) is 81.5 cm³/mol. The van der Waals surface area contributed by atoms with Crippen LogP contribution >= 0.6 is 34.5 Å². The number of hydrogen-bond donors (Lipinski definition) is 1. The van der Waals surface area contributed by atoms with Crippen LogP contribution in [0.4, 0.5) is 0 Å². The minimum atomic E-state index is -4.04. The quantitative estimate of drug-likeness (QED) is 0.868. The van der Waals surface area contributed by atoms with Gasteiger partial charge in [-0.1, -0.05) is 30.1 Å². The average Bonchev–Trinajstić information content (AvgIpc) is 2.78. The van der Waals surface area contributed by atoms with Crippen molar-refractivity contribution in [2.45, 2.75) is 17.9 Å². The van der Waals surface area contributed by atoms with Gasteiger partial charge in [0.1, 0.15) is 15.3 Å². The number of thiophene rings is 1. The van der Waals surface area contributed by atoms with Crippen LogP contribution in [0.1, 0.15) is 6.92 Å². The van der Waals surface area contributed by atoms with Crippen LogP contribution in [0.2, 0.25) is 8.67 Å². The van der Waals surface area contributed by atoms with Gasteiger partial charge in [-0.15, -0.1) is 11.3 Å². The zero-order chi connectivity index (χ0) is 15.6. The Morgan fingerprint density at radius 2 is 2.29 bits per heavy atom. The maximum atomic E-state index is 12.2. The third kappa shape index (κ3) is 3.88. The van der Waals surface area contributed by atoms with Gasteiger partial charge in [-0.25, -0.2) is 13.1 Å². The van der Waals surface area contributed by atoms with Crippen LogP contribution in [-0.2, 0) is 19.6 Å². The van der Waals surface area contributed by atoms with Crippen molar-refractivity contribution in [3.63, 3.8) is 0 Å². The summed E-state index contributed by atoms with van der Waals surface area (Å²) in [6.07, 6.45) is 0. The van der Waals surface area contributed by atoms with Crippen molar-refractivity contribution in [1.82, 2.24) is 9.62 Å². The molecule has 1 saturated heterocycles. The first kappa shape index (κ1) is 17.0. The third-order valence-corrected chi connectivity index (χ3v) is 6.20. The number of halogens is 2. The number of sulfonamides is 1. The Labute approximate surface area is 137 Å². The Bertz CT molecular complexity index is 632. The summed E-state index contributed by atoms with van der Waals surface area (Å²) in [6, 6.07) is 0.588. The molecule has 6 nitrogen and oxygen atoms in total. The largest absolute Gasteiger partial charge is 0.378 e. The fourth-order valence-corrected chi connectivity index (χ4v) is 5.19. The first-order valence-corrected chi connectivity index (χ1v) is 9.24. The van der Waals surface area contributed by atoms with Gasteiger partial charge in [0, 0.05) is 6.54 Å². The van der Waals surface area contributed by atoms with Gasteiger partial charge in [-0.3, -0.25) is 9.69 Å². The standard InChI is InChI=1S/C11H14Cl2N2O4S2/c1-2-15-3-4-19-6-7(15)11(16)14-21(17,18)8-5-9(12)20-10(8)13/h5,7H,2-4,6H2,1H3,(H,14,16). The molecule has 0 aromatic carbocycles. The van der Waals surface area contributed by atoms with E-state index in [0.29, 0.717) is 19.7 Å². The van der Waals surface area contributed by atoms with E-state index in [1.807, 2.05) is 16.5 Å². The topological polar surface area (TPSA) is 75.7 Å². The maximum absolute atomic E-state index is 12.2. The van der Waals surface area contributed by atoms with E-state index in [4.69, 9.17) is 27.9 Å². The Balaban J connectivity index is 2.16. The van der Waals surface area contributed by atoms with Gasteiger partial charge in [0.15, 0.2) is 0 Å². The Morgan fingerprint density at radius 1 is 1.57 bits per heavy atom. The summed E-state index contributed by atoms with van der Waals surface area (Å²) in [6.45, 7) is 3.80. The van der Waals surface area contributed by atoms with E-state index in [1.165, 1.54) is 6.07 Å². The van der Waals surface area contributed by atoms with Crippen LogP contribution in [0, 0.1) is 0 Å². The zero-order valence-corrected chi connectivity index (χ0v) is 14.3. The molecule has 1 aromatic rings. The molecule has 0 spiro atoms. The van der Waals surface area contributed by atoms with Crippen LogP contribution in [0.25, 0.3) is 0 Å². The van der Waals surface area contributed by atoms with Gasteiger partial charge in [-0.05, 0) is 12.6 Å². The summed E-state index contributed by atoms with van der Waals surface area (Å²) in [5.74, 6) is -0.630. The number of ether oxygens (including phenoxy) is 1. The molecule has 118 valence electrons. The van der Waals surface area contributed by atoms with Crippen LogP contribution in [0.3, 0.4) is 0 Å². The van der Waals surface area contributed by atoms with E-state index in [9.17, 15) is 13.2 Å². The SMILES string of the molecule is CCN1CCOCC1C(=O)NS(=O)(=O)c1cc(Cl)sc1Cl. The molecule has 1 unspecified atom stereocenters. The second-order valence-electron chi connectivity index (χ2n) is 4.38. The van der Waals surface area contributed by atoms with Gasteiger partial charge in [0.25, 0.3) is 15.9 Å². The van der Waals surface area contributed by atoms with E-state index in [-0.39, 0.29) is 20.2 Å². The fourth-order valence-electron chi connectivity index (χ4n) is 2.02. The van der Waals surface area contributed by atoms with Gasteiger partial charge < -0.3 is 4.74 Å². The van der Waals surface area contributed by atoms with E-state index in [0.717, 1.165) is 11.3 Å². The third-order valence-electron chi connectivity index (χ3n) is 3.10. The molecule has 10 heteroatoms. The molecule has 1 amide bonds. The summed E-state index contributed by atoms with van der Waals surface area (Å²) >= 11 is 12.5. The van der Waals surface area contributed by atoms with Crippen molar-refractivity contribution in [2.75, 3.05) is 26.3 Å². The minimum absolute atomic E-state index is 0.0209. The molecule has 1 fully saturated rings. The monoisotopic (exact) mass is 372 g/mol. The van der Waals surface area contributed by atoms with Crippen LogP contribution in [-0.4, -0.2) is 51.6 Å². The molecule has 1 aliphatic heterocycles. The van der Waals surface area contributed by atoms with E-state index >= 15 is 0 Å². The molecule has 0 aliphatic carbocycles. The number of rotatable bonds is 4. The molecule has 2 heterocycles. The molecule has 1 N–H and O–H groups in total. The summed E-state index contributed by atoms with van der Waals surface area (Å²) in [4.78, 5) is 13.9. The highest BCUT2D eigenvalue weighted by Gasteiger charge is 2.32. The number of likely N-dealkylation sites (N-methyl/N-ethyl adjacent to an activating group) is 1. The van der Waals surface area contributed by atoms with Gasteiger partial charge >= 0.3 is 0 Å². The van der Waals surface area contributed by atoms with Crippen molar-refractivity contribution >= 4 is 50.5 Å². The minimum Gasteiger partial charge on any atom is -0.378 e. The molecule has 0 bridgehead atoms. The second-order valence-corrected chi connectivity index (χ2v) is 8.31. The van der Waals surface area contributed by atoms with E-state index in [1.54, 1.807) is 0 Å². The van der Waals surface area contributed by atoms with Crippen LogP contribution in [0.5, 0.6) is 0 Å². The molecule has 1 atom stereocenters. The number of amides is 1. The summed E-state index contributed by atoms with van der Waals surface area (Å²) < 4.78 is 31.9. The van der Waals surface area contributed by atoms with Crippen molar-refractivity contribution in [3.8, 4) is 0 Å². The predicted octanol–water partition coefficient (Wildman–Crippen LogP) is 1.58. The lowest BCUT2D eigenvalue weighted by molar-refractivity contribution is -0.130. The van der Waals surface area contributed by atoms with Gasteiger partial charge in [0.05, 0.1) is 17.6 Å². The van der Waals surface area contributed by atoms with E-state index in [2.05, 4.69) is 0 Å². The second kappa shape index (κ2) is 6.80. The molecule has 0 radical (unpaired) electrons. The summed E-state index contributed by atoms with van der Waals surface area (Å²) in [5, 5.41) is 0. The molecule has 1 aliphatic rings. The van der Waals surface area contributed by atoms with Crippen LogP contribution < -0.4 is 4.72 Å². The Morgan fingerprint density at radius 3 is 2.86 bits per heavy atom. The highest BCUT2D eigenvalue weighted by Crippen LogP contribution is 2.34. The number of carbonyl (C=O) groups is 1. The number of morpholine rings is 1. The lowest BCUT2D eigenvalue weighted by Gasteiger charge is -2.33. The van der Waals surface area contributed by atoms with Gasteiger partial charge in [0.2, 0.25) is 0 Å². The molecular formula is C11H14Cl2N2O4S2. The van der Waals surface area contributed by atoms with Crippen molar-refractivity contribution in [2.24, 2.45) is 0 Å². The molecular weight excluding hydrogens is 359 g/mol. The smallest absolute Gasteiger partial charge is 0.266 e. The highest BCUT2D eigenvalue weighted by atomic mass is 35.5. The fraction of sp³-hybridized carbons (Fsp3) is 0.545. The first-order valence-electron chi connectivity index (χ1n) is 6.18.